The first-order chi connectivity index (χ1) is 13.2. The van der Waals surface area contributed by atoms with Gasteiger partial charge in [-0.15, -0.1) is 0 Å². The van der Waals surface area contributed by atoms with E-state index in [-0.39, 0.29) is 27.1 Å². The number of ether oxygens (including phenoxy) is 2. The first-order valence-corrected chi connectivity index (χ1v) is 9.04. The van der Waals surface area contributed by atoms with Gasteiger partial charge in [0.25, 0.3) is 0 Å². The van der Waals surface area contributed by atoms with Crippen molar-refractivity contribution >= 4 is 35.0 Å². The minimum absolute atomic E-state index is 0.0127. The Kier molecular flexibility index (Phi) is 9.88. The largest absolute Gasteiger partial charge is 0.480 e. The summed E-state index contributed by atoms with van der Waals surface area (Å²) >= 11 is 12.2. The van der Waals surface area contributed by atoms with E-state index < -0.39 is 44.1 Å². The molecular formula is C18H22Cl2O8. The molecule has 0 aromatic heterocycles. The first kappa shape index (κ1) is 24.4. The number of hydrogen-bond acceptors (Lipinski definition) is 8. The van der Waals surface area contributed by atoms with Crippen molar-refractivity contribution in [2.75, 3.05) is 19.8 Å². The molecule has 0 fully saturated rings. The van der Waals surface area contributed by atoms with Gasteiger partial charge < -0.3 is 29.9 Å². The highest BCUT2D eigenvalue weighted by molar-refractivity contribution is 6.45. The zero-order valence-electron chi connectivity index (χ0n) is 15.1. The van der Waals surface area contributed by atoms with Gasteiger partial charge in [0.2, 0.25) is 0 Å². The van der Waals surface area contributed by atoms with Crippen molar-refractivity contribution in [1.29, 1.82) is 0 Å². The number of carbonyl (C=O) groups excluding carboxylic acids is 2. The molecule has 0 saturated carbocycles. The first-order valence-electron chi connectivity index (χ1n) is 8.28. The molecule has 156 valence electrons. The molecule has 0 unspecified atom stereocenters. The molecule has 0 saturated heterocycles. The van der Waals surface area contributed by atoms with Gasteiger partial charge in [0, 0.05) is 5.56 Å². The molecule has 10 heteroatoms. The van der Waals surface area contributed by atoms with E-state index in [1.165, 1.54) is 12.1 Å². The Morgan fingerprint density at radius 2 is 1.79 bits per heavy atom. The van der Waals surface area contributed by atoms with E-state index in [1.807, 2.05) is 0 Å². The highest BCUT2D eigenvalue weighted by Gasteiger charge is 2.29. The zero-order chi connectivity index (χ0) is 21.4. The van der Waals surface area contributed by atoms with Crippen LogP contribution in [0, 0.1) is 0 Å². The normalized spacial score (nSPS) is 14.1. The lowest BCUT2D eigenvalue weighted by Crippen LogP contribution is -2.44. The maximum atomic E-state index is 12.2. The summed E-state index contributed by atoms with van der Waals surface area (Å²) in [4.78, 5) is 24.0. The van der Waals surface area contributed by atoms with Gasteiger partial charge in [-0.2, -0.15) is 0 Å². The van der Waals surface area contributed by atoms with Gasteiger partial charge >= 0.3 is 5.97 Å². The average Bonchev–Trinajstić information content (AvgIpc) is 2.70. The van der Waals surface area contributed by atoms with E-state index in [0.29, 0.717) is 12.0 Å². The van der Waals surface area contributed by atoms with Crippen LogP contribution in [0.15, 0.2) is 24.3 Å². The molecular weight excluding hydrogens is 415 g/mol. The van der Waals surface area contributed by atoms with E-state index in [2.05, 4.69) is 6.58 Å². The Morgan fingerprint density at radius 3 is 2.32 bits per heavy atom. The van der Waals surface area contributed by atoms with Gasteiger partial charge in [-0.25, -0.2) is 4.79 Å². The predicted octanol–water partition coefficient (Wildman–Crippen LogP) is 1.14. The Morgan fingerprint density at radius 1 is 1.14 bits per heavy atom. The van der Waals surface area contributed by atoms with Crippen LogP contribution in [0.25, 0.3) is 0 Å². The van der Waals surface area contributed by atoms with Crippen LogP contribution in [0.2, 0.25) is 10.0 Å². The molecule has 1 aromatic rings. The summed E-state index contributed by atoms with van der Waals surface area (Å²) in [6, 6.07) is 2.74. The SMILES string of the molecule is C=C(CC)C(=O)c1ccc(OCC(=O)O[C@@H](CO)[C@H](O)[C@H](O)CO)c(Cl)c1Cl. The van der Waals surface area contributed by atoms with Crippen molar-refractivity contribution < 1.29 is 39.5 Å². The summed E-state index contributed by atoms with van der Waals surface area (Å²) in [6.45, 7) is 3.21. The lowest BCUT2D eigenvalue weighted by Gasteiger charge is -2.24. The van der Waals surface area contributed by atoms with Crippen molar-refractivity contribution in [2.24, 2.45) is 0 Å². The Labute approximate surface area is 171 Å². The molecule has 28 heavy (non-hydrogen) atoms. The van der Waals surface area contributed by atoms with Gasteiger partial charge in [0.15, 0.2) is 18.5 Å². The third-order valence-electron chi connectivity index (χ3n) is 3.81. The molecule has 0 aliphatic heterocycles. The minimum atomic E-state index is -1.69. The maximum absolute atomic E-state index is 12.2. The summed E-state index contributed by atoms with van der Waals surface area (Å²) in [7, 11) is 0. The van der Waals surface area contributed by atoms with Crippen molar-refractivity contribution in [1.82, 2.24) is 0 Å². The quantitative estimate of drug-likeness (QED) is 0.230. The van der Waals surface area contributed by atoms with Crippen LogP contribution in [0.4, 0.5) is 0 Å². The van der Waals surface area contributed by atoms with E-state index in [4.69, 9.17) is 42.9 Å². The van der Waals surface area contributed by atoms with Crippen LogP contribution >= 0.6 is 23.2 Å². The predicted molar refractivity (Wildman–Crippen MR) is 102 cm³/mol. The number of benzene rings is 1. The Balaban J connectivity index is 2.79. The second-order valence-corrected chi connectivity index (χ2v) is 6.52. The molecule has 1 aromatic carbocycles. The number of halogens is 2. The second-order valence-electron chi connectivity index (χ2n) is 5.77. The highest BCUT2D eigenvalue weighted by Crippen LogP contribution is 2.35. The summed E-state index contributed by atoms with van der Waals surface area (Å²) in [5.41, 5.74) is 0.504. The number of Topliss-reactive ketones (excluding diaryl/α,β-unsaturated/α-hetero) is 1. The lowest BCUT2D eigenvalue weighted by atomic mass is 10.0. The molecule has 0 spiro atoms. The fraction of sp³-hybridized carbons (Fsp3) is 0.444. The number of carbonyl (C=O) groups is 2. The van der Waals surface area contributed by atoms with E-state index in [9.17, 15) is 19.8 Å². The van der Waals surface area contributed by atoms with Gasteiger partial charge in [-0.05, 0) is 24.1 Å². The van der Waals surface area contributed by atoms with Crippen molar-refractivity contribution in [3.63, 3.8) is 0 Å². The van der Waals surface area contributed by atoms with Crippen molar-refractivity contribution in [2.45, 2.75) is 31.7 Å². The number of allylic oxidation sites excluding steroid dienone is 1. The van der Waals surface area contributed by atoms with Gasteiger partial charge in [0.1, 0.15) is 23.0 Å². The van der Waals surface area contributed by atoms with Crippen LogP contribution in [-0.2, 0) is 9.53 Å². The maximum Gasteiger partial charge on any atom is 0.344 e. The highest BCUT2D eigenvalue weighted by atomic mass is 35.5. The Bertz CT molecular complexity index is 722. The topological polar surface area (TPSA) is 134 Å². The van der Waals surface area contributed by atoms with Crippen LogP contribution in [0.1, 0.15) is 23.7 Å². The molecule has 1 rings (SSSR count). The fourth-order valence-corrected chi connectivity index (χ4v) is 2.54. The molecule has 0 aliphatic rings. The van der Waals surface area contributed by atoms with E-state index in [0.717, 1.165) is 0 Å². The smallest absolute Gasteiger partial charge is 0.344 e. The third kappa shape index (κ3) is 6.16. The number of rotatable bonds is 11. The lowest BCUT2D eigenvalue weighted by molar-refractivity contribution is -0.167. The van der Waals surface area contributed by atoms with Crippen molar-refractivity contribution in [3.05, 3.63) is 39.9 Å². The molecule has 8 nitrogen and oxygen atoms in total. The summed E-state index contributed by atoms with van der Waals surface area (Å²) in [5.74, 6) is -1.32. The molecule has 0 aliphatic carbocycles. The second kappa shape index (κ2) is 11.4. The Hall–Kier alpha value is -1.68. The average molecular weight is 437 g/mol. The monoisotopic (exact) mass is 436 g/mol. The number of esters is 1. The molecule has 4 N–H and O–H groups in total. The molecule has 0 heterocycles. The summed E-state index contributed by atoms with van der Waals surface area (Å²) in [5, 5.41) is 36.8. The molecule has 0 amide bonds. The molecule has 3 atom stereocenters. The van der Waals surface area contributed by atoms with Gasteiger partial charge in [-0.3, -0.25) is 4.79 Å². The zero-order valence-corrected chi connectivity index (χ0v) is 16.6. The van der Waals surface area contributed by atoms with Crippen LogP contribution in [0.5, 0.6) is 5.75 Å². The van der Waals surface area contributed by atoms with E-state index in [1.54, 1.807) is 6.92 Å². The fourth-order valence-electron chi connectivity index (χ4n) is 2.08. The third-order valence-corrected chi connectivity index (χ3v) is 4.67. The van der Waals surface area contributed by atoms with Crippen LogP contribution in [-0.4, -0.2) is 70.3 Å². The standard InChI is InChI=1S/C18H22Cl2O8/c1-3-9(2)17(25)10-4-5-12(16(20)15(10)19)27-8-14(24)28-13(7-22)18(26)11(23)6-21/h4-5,11,13,18,21-23,26H,2-3,6-8H2,1H3/t11-,13+,18-/m1/s1. The number of aliphatic hydroxyl groups excluding tert-OH is 4. The number of hydrogen-bond donors (Lipinski definition) is 4. The summed E-state index contributed by atoms with van der Waals surface area (Å²) < 4.78 is 10.0. The van der Waals surface area contributed by atoms with Crippen molar-refractivity contribution in [3.8, 4) is 5.75 Å². The van der Waals surface area contributed by atoms with Gasteiger partial charge in [-0.1, -0.05) is 36.7 Å². The molecule has 0 bridgehead atoms. The molecule has 0 radical (unpaired) electrons. The van der Waals surface area contributed by atoms with Crippen LogP contribution < -0.4 is 4.74 Å². The number of aliphatic hydroxyl groups is 4. The van der Waals surface area contributed by atoms with Crippen LogP contribution in [0.3, 0.4) is 0 Å². The summed E-state index contributed by atoms with van der Waals surface area (Å²) in [6.07, 6.45) is -4.30. The van der Waals surface area contributed by atoms with Gasteiger partial charge in [0.05, 0.1) is 18.2 Å². The number of ketones is 1. The van der Waals surface area contributed by atoms with E-state index >= 15 is 0 Å². The minimum Gasteiger partial charge on any atom is -0.480 e.